The van der Waals surface area contributed by atoms with Crippen LogP contribution in [0.25, 0.3) is 22.8 Å². The molecular formula is C14H12N4O. The second-order valence-corrected chi connectivity index (χ2v) is 4.20. The average molecular weight is 252 g/mol. The van der Waals surface area contributed by atoms with Crippen molar-refractivity contribution in [2.45, 2.75) is 6.92 Å². The zero-order chi connectivity index (χ0) is 13.2. The highest BCUT2D eigenvalue weighted by Crippen LogP contribution is 2.29. The molecule has 0 aliphatic rings. The first-order valence-corrected chi connectivity index (χ1v) is 5.85. The molecule has 0 spiro atoms. The maximum absolute atomic E-state index is 5.96. The van der Waals surface area contributed by atoms with Gasteiger partial charge in [-0.05, 0) is 30.7 Å². The summed E-state index contributed by atoms with van der Waals surface area (Å²) in [6.07, 6.45) is 3.38. The summed E-state index contributed by atoms with van der Waals surface area (Å²) in [4.78, 5) is 8.34. The highest BCUT2D eigenvalue weighted by atomic mass is 16.5. The third-order valence-corrected chi connectivity index (χ3v) is 2.88. The molecule has 0 fully saturated rings. The van der Waals surface area contributed by atoms with Gasteiger partial charge in [-0.25, -0.2) is 0 Å². The van der Waals surface area contributed by atoms with Crippen LogP contribution in [0.15, 0.2) is 47.2 Å². The van der Waals surface area contributed by atoms with Gasteiger partial charge in [0, 0.05) is 23.6 Å². The van der Waals surface area contributed by atoms with Gasteiger partial charge in [-0.15, -0.1) is 0 Å². The second-order valence-electron chi connectivity index (χ2n) is 4.20. The molecule has 2 aromatic heterocycles. The molecule has 0 atom stereocenters. The predicted octanol–water partition coefficient (Wildman–Crippen LogP) is 2.69. The first-order valence-electron chi connectivity index (χ1n) is 5.85. The Morgan fingerprint density at radius 2 is 1.89 bits per heavy atom. The van der Waals surface area contributed by atoms with Crippen molar-refractivity contribution in [3.8, 4) is 22.8 Å². The third kappa shape index (κ3) is 2.06. The molecule has 2 heterocycles. The van der Waals surface area contributed by atoms with E-state index in [1.807, 2.05) is 37.3 Å². The number of nitrogens with two attached hydrogens (primary N) is 1. The Morgan fingerprint density at radius 1 is 1.11 bits per heavy atom. The van der Waals surface area contributed by atoms with Crippen molar-refractivity contribution in [1.82, 2.24) is 15.1 Å². The van der Waals surface area contributed by atoms with Gasteiger partial charge in [0.25, 0.3) is 5.89 Å². The summed E-state index contributed by atoms with van der Waals surface area (Å²) in [6.45, 7) is 1.96. The molecule has 19 heavy (non-hydrogen) atoms. The Kier molecular flexibility index (Phi) is 2.72. The third-order valence-electron chi connectivity index (χ3n) is 2.88. The maximum Gasteiger partial charge on any atom is 0.260 e. The molecule has 3 rings (SSSR count). The molecule has 3 aromatic rings. The number of anilines is 1. The molecule has 0 unspecified atom stereocenters. The molecular weight excluding hydrogens is 240 g/mol. The van der Waals surface area contributed by atoms with Gasteiger partial charge in [-0.2, -0.15) is 4.98 Å². The number of aromatic nitrogens is 3. The molecule has 0 amide bonds. The number of pyridine rings is 1. The Labute approximate surface area is 110 Å². The number of hydrogen-bond acceptors (Lipinski definition) is 5. The van der Waals surface area contributed by atoms with E-state index in [1.54, 1.807) is 12.4 Å². The Bertz CT molecular complexity index is 686. The molecule has 94 valence electrons. The van der Waals surface area contributed by atoms with E-state index < -0.39 is 0 Å². The second kappa shape index (κ2) is 4.53. The molecule has 2 N–H and O–H groups in total. The van der Waals surface area contributed by atoms with Crippen LogP contribution in [0, 0.1) is 6.92 Å². The summed E-state index contributed by atoms with van der Waals surface area (Å²) in [5.74, 6) is 0.961. The highest BCUT2D eigenvalue weighted by molar-refractivity contribution is 5.74. The Hall–Kier alpha value is -2.69. The van der Waals surface area contributed by atoms with E-state index >= 15 is 0 Å². The lowest BCUT2D eigenvalue weighted by atomic mass is 10.1. The molecule has 1 aromatic carbocycles. The van der Waals surface area contributed by atoms with Crippen molar-refractivity contribution in [1.29, 1.82) is 0 Å². The van der Waals surface area contributed by atoms with Gasteiger partial charge >= 0.3 is 0 Å². The number of benzene rings is 1. The lowest BCUT2D eigenvalue weighted by Gasteiger charge is -2.03. The van der Waals surface area contributed by atoms with E-state index in [0.29, 0.717) is 17.4 Å². The van der Waals surface area contributed by atoms with E-state index in [1.165, 1.54) is 0 Å². The minimum absolute atomic E-state index is 0.433. The van der Waals surface area contributed by atoms with Gasteiger partial charge < -0.3 is 10.3 Å². The van der Waals surface area contributed by atoms with Crippen LogP contribution in [-0.4, -0.2) is 15.1 Å². The monoisotopic (exact) mass is 252 g/mol. The number of hydrogen-bond donors (Lipinski definition) is 1. The van der Waals surface area contributed by atoms with E-state index in [9.17, 15) is 0 Å². The smallest absolute Gasteiger partial charge is 0.260 e. The van der Waals surface area contributed by atoms with Gasteiger partial charge in [0.15, 0.2) is 0 Å². The van der Waals surface area contributed by atoms with Crippen LogP contribution in [0.1, 0.15) is 5.56 Å². The normalized spacial score (nSPS) is 10.6. The number of nitrogen functional groups attached to an aromatic ring is 1. The molecule has 0 aliphatic carbocycles. The quantitative estimate of drug-likeness (QED) is 0.709. The zero-order valence-electron chi connectivity index (χ0n) is 10.4. The van der Waals surface area contributed by atoms with Crippen molar-refractivity contribution >= 4 is 5.69 Å². The first kappa shape index (κ1) is 11.4. The lowest BCUT2D eigenvalue weighted by Crippen LogP contribution is -1.92. The van der Waals surface area contributed by atoms with Crippen LogP contribution in [0.5, 0.6) is 0 Å². The van der Waals surface area contributed by atoms with Crippen LogP contribution < -0.4 is 5.73 Å². The van der Waals surface area contributed by atoms with Crippen LogP contribution in [0.4, 0.5) is 5.69 Å². The van der Waals surface area contributed by atoms with Crippen molar-refractivity contribution < 1.29 is 4.52 Å². The molecule has 0 radical (unpaired) electrons. The molecule has 0 aliphatic heterocycles. The van der Waals surface area contributed by atoms with Crippen molar-refractivity contribution in [3.05, 3.63) is 48.3 Å². The molecule has 0 bridgehead atoms. The van der Waals surface area contributed by atoms with E-state index in [2.05, 4.69) is 15.1 Å². The number of aryl methyl sites for hydroxylation is 1. The topological polar surface area (TPSA) is 77.8 Å². The molecule has 0 saturated heterocycles. The van der Waals surface area contributed by atoms with Gasteiger partial charge in [-0.3, -0.25) is 4.98 Å². The van der Waals surface area contributed by atoms with Crippen LogP contribution >= 0.6 is 0 Å². The van der Waals surface area contributed by atoms with Crippen LogP contribution in [0.2, 0.25) is 0 Å². The Balaban J connectivity index is 2.07. The summed E-state index contributed by atoms with van der Waals surface area (Å²) < 4.78 is 5.31. The van der Waals surface area contributed by atoms with Gasteiger partial charge in [0.2, 0.25) is 5.82 Å². The lowest BCUT2D eigenvalue weighted by molar-refractivity contribution is 0.432. The maximum atomic E-state index is 5.96. The van der Waals surface area contributed by atoms with Gasteiger partial charge in [-0.1, -0.05) is 17.3 Å². The number of rotatable bonds is 2. The van der Waals surface area contributed by atoms with Crippen LogP contribution in [0.3, 0.4) is 0 Å². The minimum Gasteiger partial charge on any atom is -0.398 e. The fraction of sp³-hybridized carbons (Fsp3) is 0.0714. The molecule has 5 nitrogen and oxygen atoms in total. The summed E-state index contributed by atoms with van der Waals surface area (Å²) in [7, 11) is 0. The standard InChI is InChI=1S/C14H12N4O/c1-9-3-2-4-11(15)12(9)14-17-13(18-19-14)10-5-7-16-8-6-10/h2-8H,15H2,1H3. The summed E-state index contributed by atoms with van der Waals surface area (Å²) in [5.41, 5.74) is 9.24. The number of nitrogens with zero attached hydrogens (tertiary/aromatic N) is 3. The fourth-order valence-corrected chi connectivity index (χ4v) is 1.93. The zero-order valence-corrected chi connectivity index (χ0v) is 10.4. The summed E-state index contributed by atoms with van der Waals surface area (Å²) >= 11 is 0. The predicted molar refractivity (Wildman–Crippen MR) is 72.1 cm³/mol. The Morgan fingerprint density at radius 3 is 2.63 bits per heavy atom. The van der Waals surface area contributed by atoms with E-state index in [0.717, 1.165) is 16.7 Å². The van der Waals surface area contributed by atoms with Crippen molar-refractivity contribution in [2.75, 3.05) is 5.73 Å². The van der Waals surface area contributed by atoms with Gasteiger partial charge in [0.1, 0.15) is 0 Å². The summed E-state index contributed by atoms with van der Waals surface area (Å²) in [6, 6.07) is 9.33. The summed E-state index contributed by atoms with van der Waals surface area (Å²) in [5, 5.41) is 3.98. The first-order chi connectivity index (χ1) is 9.25. The largest absolute Gasteiger partial charge is 0.398 e. The SMILES string of the molecule is Cc1cccc(N)c1-c1nc(-c2ccncc2)no1. The fourth-order valence-electron chi connectivity index (χ4n) is 1.93. The molecule has 5 heteroatoms. The van der Waals surface area contributed by atoms with Crippen molar-refractivity contribution in [2.24, 2.45) is 0 Å². The van der Waals surface area contributed by atoms with Gasteiger partial charge in [0.05, 0.1) is 5.56 Å². The van der Waals surface area contributed by atoms with E-state index in [4.69, 9.17) is 10.3 Å². The molecule has 0 saturated carbocycles. The average Bonchev–Trinajstić information content (AvgIpc) is 2.89. The van der Waals surface area contributed by atoms with Crippen molar-refractivity contribution in [3.63, 3.8) is 0 Å². The minimum atomic E-state index is 0.433. The van der Waals surface area contributed by atoms with E-state index in [-0.39, 0.29) is 0 Å². The highest BCUT2D eigenvalue weighted by Gasteiger charge is 2.14. The van der Waals surface area contributed by atoms with Crippen LogP contribution in [-0.2, 0) is 0 Å².